The average molecular weight is 428 g/mol. The van der Waals surface area contributed by atoms with Gasteiger partial charge >= 0.3 is 0 Å². The number of nitrogens with one attached hydrogen (secondary N) is 2. The van der Waals surface area contributed by atoms with E-state index in [1.807, 2.05) is 0 Å². The molecule has 0 saturated heterocycles. The third kappa shape index (κ3) is 5.05. The predicted octanol–water partition coefficient (Wildman–Crippen LogP) is 2.44. The summed E-state index contributed by atoms with van der Waals surface area (Å²) in [5.41, 5.74) is -0.513. The van der Waals surface area contributed by atoms with Crippen molar-refractivity contribution in [1.82, 2.24) is 25.5 Å². The molecule has 2 amide bonds. The Morgan fingerprint density at radius 1 is 1.24 bits per heavy atom. The van der Waals surface area contributed by atoms with Crippen LogP contribution in [0.2, 0.25) is 0 Å². The van der Waals surface area contributed by atoms with Gasteiger partial charge < -0.3 is 10.6 Å². The molecule has 156 valence electrons. The molecule has 1 aromatic heterocycles. The van der Waals surface area contributed by atoms with Crippen molar-refractivity contribution >= 4 is 29.3 Å². The molecule has 29 heavy (non-hydrogen) atoms. The first-order valence-corrected chi connectivity index (χ1v) is 9.90. The Bertz CT molecular complexity index is 903. The second-order valence-corrected chi connectivity index (χ2v) is 7.90. The minimum Gasteiger partial charge on any atom is -0.346 e. The molecule has 8 nitrogen and oxygen atoms in total. The maximum atomic E-state index is 13.6. The lowest BCUT2D eigenvalue weighted by Crippen LogP contribution is -2.37. The molecule has 1 atom stereocenters. The van der Waals surface area contributed by atoms with E-state index >= 15 is 0 Å². The fraction of sp³-hybridized carbons (Fsp3) is 0.471. The average Bonchev–Trinajstić information content (AvgIpc) is 3.38. The smallest absolute Gasteiger partial charge is 0.243 e. The van der Waals surface area contributed by atoms with Gasteiger partial charge in [0.05, 0.1) is 23.5 Å². The van der Waals surface area contributed by atoms with E-state index in [9.17, 15) is 22.8 Å². The first kappa shape index (κ1) is 21.1. The Kier molecular flexibility index (Phi) is 6.72. The zero-order valence-electron chi connectivity index (χ0n) is 15.5. The second-order valence-electron chi connectivity index (χ2n) is 6.59. The number of nitrogens with zero attached hydrogens (tertiary/aromatic N) is 4. The minimum atomic E-state index is -1.68. The van der Waals surface area contributed by atoms with Gasteiger partial charge in [0, 0.05) is 0 Å². The molecule has 1 aliphatic carbocycles. The van der Waals surface area contributed by atoms with Crippen molar-refractivity contribution in [3.05, 3.63) is 29.6 Å². The third-order valence-electron chi connectivity index (χ3n) is 4.52. The van der Waals surface area contributed by atoms with E-state index in [0.29, 0.717) is 11.2 Å². The topological polar surface area (TPSA) is 102 Å². The normalized spacial score (nSPS) is 15.3. The number of benzene rings is 1. The highest BCUT2D eigenvalue weighted by atomic mass is 32.2. The molecule has 0 aliphatic heterocycles. The van der Waals surface area contributed by atoms with Gasteiger partial charge in [0.2, 0.25) is 17.0 Å². The van der Waals surface area contributed by atoms with Crippen molar-refractivity contribution < 1.29 is 22.8 Å². The van der Waals surface area contributed by atoms with Crippen molar-refractivity contribution in [2.75, 3.05) is 11.9 Å². The van der Waals surface area contributed by atoms with Crippen molar-refractivity contribution in [3.8, 4) is 0 Å². The lowest BCUT2D eigenvalue weighted by molar-refractivity contribution is -0.123. The SMILES string of the molecule is CC(Sc1nnnn1C1CCCC1)C(=O)NCC(=O)Nc1ccc(F)c(F)c1F. The molecule has 12 heteroatoms. The summed E-state index contributed by atoms with van der Waals surface area (Å²) in [5, 5.41) is 16.1. The van der Waals surface area contributed by atoms with Gasteiger partial charge in [-0.05, 0) is 42.3 Å². The van der Waals surface area contributed by atoms with E-state index in [4.69, 9.17) is 0 Å². The molecule has 1 fully saturated rings. The molecule has 1 unspecified atom stereocenters. The molecule has 1 saturated carbocycles. The van der Waals surface area contributed by atoms with Crippen molar-refractivity contribution in [2.45, 2.75) is 49.1 Å². The van der Waals surface area contributed by atoms with Gasteiger partial charge in [0.25, 0.3) is 0 Å². The lowest BCUT2D eigenvalue weighted by Gasteiger charge is -2.14. The van der Waals surface area contributed by atoms with Crippen LogP contribution < -0.4 is 10.6 Å². The highest BCUT2D eigenvalue weighted by Crippen LogP contribution is 2.32. The number of hydrogen-bond acceptors (Lipinski definition) is 6. The summed E-state index contributed by atoms with van der Waals surface area (Å²) in [6.45, 7) is 1.18. The quantitative estimate of drug-likeness (QED) is 0.519. The largest absolute Gasteiger partial charge is 0.346 e. The van der Waals surface area contributed by atoms with Gasteiger partial charge in [-0.1, -0.05) is 24.6 Å². The van der Waals surface area contributed by atoms with Gasteiger partial charge in [-0.2, -0.15) is 0 Å². The standard InChI is InChI=1S/C17H19F3N6O2S/c1-9(29-17-23-24-25-26(17)10-4-2-3-5-10)16(28)21-8-13(27)22-12-7-6-11(18)14(19)15(12)20/h6-7,9-10H,2-5,8H2,1H3,(H,21,28)(H,22,27). The molecule has 2 aromatic rings. The molecule has 1 aromatic carbocycles. The van der Waals surface area contributed by atoms with Crippen LogP contribution in [0.25, 0.3) is 0 Å². The van der Waals surface area contributed by atoms with Crippen LogP contribution in [0.4, 0.5) is 18.9 Å². The summed E-state index contributed by atoms with van der Waals surface area (Å²) >= 11 is 1.17. The van der Waals surface area contributed by atoms with Gasteiger partial charge in [-0.15, -0.1) is 5.10 Å². The maximum absolute atomic E-state index is 13.6. The fourth-order valence-electron chi connectivity index (χ4n) is 2.98. The highest BCUT2D eigenvalue weighted by Gasteiger charge is 2.25. The number of halogens is 3. The molecular weight excluding hydrogens is 409 g/mol. The summed E-state index contributed by atoms with van der Waals surface area (Å²) in [4.78, 5) is 24.1. The Morgan fingerprint density at radius 2 is 1.97 bits per heavy atom. The third-order valence-corrected chi connectivity index (χ3v) is 5.56. The van der Waals surface area contributed by atoms with Crippen LogP contribution in [0.5, 0.6) is 0 Å². The second kappa shape index (κ2) is 9.25. The maximum Gasteiger partial charge on any atom is 0.243 e. The number of aromatic nitrogens is 4. The fourth-order valence-corrected chi connectivity index (χ4v) is 3.86. The molecule has 0 radical (unpaired) electrons. The summed E-state index contributed by atoms with van der Waals surface area (Å²) in [5.74, 6) is -5.78. The van der Waals surface area contributed by atoms with Crippen LogP contribution in [0.3, 0.4) is 0 Å². The first-order chi connectivity index (χ1) is 13.9. The number of anilines is 1. The van der Waals surface area contributed by atoms with Gasteiger partial charge in [0.1, 0.15) is 0 Å². The molecule has 0 spiro atoms. The van der Waals surface area contributed by atoms with E-state index in [2.05, 4.69) is 26.2 Å². The molecule has 1 aliphatic rings. The van der Waals surface area contributed by atoms with Gasteiger partial charge in [-0.3, -0.25) is 9.59 Å². The van der Waals surface area contributed by atoms with Crippen molar-refractivity contribution in [1.29, 1.82) is 0 Å². The van der Waals surface area contributed by atoms with Crippen LogP contribution in [0.1, 0.15) is 38.6 Å². The Hall–Kier alpha value is -2.63. The Labute approximate surface area is 168 Å². The number of carbonyl (C=O) groups excluding carboxylic acids is 2. The molecule has 1 heterocycles. The molecular formula is C17H19F3N6O2S. The van der Waals surface area contributed by atoms with E-state index in [1.54, 1.807) is 11.6 Å². The number of hydrogen-bond donors (Lipinski definition) is 2. The van der Waals surface area contributed by atoms with Gasteiger partial charge in [-0.25, -0.2) is 17.9 Å². The molecule has 3 rings (SSSR count). The summed E-state index contributed by atoms with van der Waals surface area (Å²) in [7, 11) is 0. The van der Waals surface area contributed by atoms with Crippen molar-refractivity contribution in [2.24, 2.45) is 0 Å². The number of carbonyl (C=O) groups is 2. The number of amides is 2. The first-order valence-electron chi connectivity index (χ1n) is 9.02. The van der Waals surface area contributed by atoms with E-state index in [-0.39, 0.29) is 6.04 Å². The predicted molar refractivity (Wildman–Crippen MR) is 98.6 cm³/mol. The summed E-state index contributed by atoms with van der Waals surface area (Å²) in [6.07, 6.45) is 4.19. The Morgan fingerprint density at radius 3 is 2.69 bits per heavy atom. The van der Waals surface area contributed by atoms with Crippen LogP contribution in [0.15, 0.2) is 17.3 Å². The summed E-state index contributed by atoms with van der Waals surface area (Å²) in [6, 6.07) is 1.81. The Balaban J connectivity index is 1.51. The van der Waals surface area contributed by atoms with Gasteiger partial charge in [0.15, 0.2) is 17.5 Å². The number of rotatable bonds is 7. The van der Waals surface area contributed by atoms with E-state index in [1.165, 1.54) is 11.8 Å². The van der Waals surface area contributed by atoms with Crippen LogP contribution in [0, 0.1) is 17.5 Å². The van der Waals surface area contributed by atoms with Crippen LogP contribution in [-0.2, 0) is 9.59 Å². The zero-order valence-corrected chi connectivity index (χ0v) is 16.3. The van der Waals surface area contributed by atoms with Crippen LogP contribution in [-0.4, -0.2) is 43.8 Å². The van der Waals surface area contributed by atoms with E-state index in [0.717, 1.165) is 31.7 Å². The van der Waals surface area contributed by atoms with E-state index < -0.39 is 46.7 Å². The van der Waals surface area contributed by atoms with Crippen molar-refractivity contribution in [3.63, 3.8) is 0 Å². The molecule has 0 bridgehead atoms. The number of tetrazole rings is 1. The highest BCUT2D eigenvalue weighted by molar-refractivity contribution is 8.00. The van der Waals surface area contributed by atoms with Crippen LogP contribution >= 0.6 is 11.8 Å². The summed E-state index contributed by atoms with van der Waals surface area (Å²) < 4.78 is 41.4. The monoisotopic (exact) mass is 428 g/mol. The minimum absolute atomic E-state index is 0.222. The zero-order chi connectivity index (χ0) is 21.0. The lowest BCUT2D eigenvalue weighted by atomic mass is 10.2. The molecule has 2 N–H and O–H groups in total. The number of thioether (sulfide) groups is 1.